The molecule has 9 nitrogen and oxygen atoms in total. The number of hydrogen-bond donors (Lipinski definition) is 0. The lowest BCUT2D eigenvalue weighted by Crippen LogP contribution is -2.24. The molecule has 0 aliphatic carbocycles. The molecule has 4 aromatic rings. The molecule has 0 fully saturated rings. The van der Waals surface area contributed by atoms with Gasteiger partial charge in [-0.3, -0.25) is 14.3 Å². The number of carbonyl (C=O) groups is 1. The predicted octanol–water partition coefficient (Wildman–Crippen LogP) is 3.77. The summed E-state index contributed by atoms with van der Waals surface area (Å²) in [6.45, 7) is 6.83. The molecule has 0 aliphatic rings. The van der Waals surface area contributed by atoms with Crippen LogP contribution in [0.5, 0.6) is 5.75 Å². The van der Waals surface area contributed by atoms with Crippen LogP contribution in [0.1, 0.15) is 39.8 Å². The third-order valence-corrected chi connectivity index (χ3v) is 5.46. The maximum Gasteiger partial charge on any atom is 0.341 e. The third-order valence-electron chi connectivity index (χ3n) is 5.46. The summed E-state index contributed by atoms with van der Waals surface area (Å²) in [4.78, 5) is 33.4. The first-order chi connectivity index (χ1) is 17.2. The minimum atomic E-state index is -0.831. The zero-order valence-corrected chi connectivity index (χ0v) is 20.1. The van der Waals surface area contributed by atoms with Gasteiger partial charge in [0.2, 0.25) is 0 Å². The zero-order valence-electron chi connectivity index (χ0n) is 20.1. The molecule has 36 heavy (non-hydrogen) atoms. The van der Waals surface area contributed by atoms with E-state index in [0.717, 1.165) is 17.8 Å². The third kappa shape index (κ3) is 4.85. The van der Waals surface area contributed by atoms with Crippen LogP contribution in [0.4, 0.5) is 8.78 Å². The van der Waals surface area contributed by atoms with Crippen molar-refractivity contribution in [2.24, 2.45) is 0 Å². The predicted molar refractivity (Wildman–Crippen MR) is 126 cm³/mol. The van der Waals surface area contributed by atoms with Gasteiger partial charge in [0.25, 0.3) is 5.56 Å². The van der Waals surface area contributed by atoms with Gasteiger partial charge in [0, 0.05) is 36.3 Å². The Bertz CT molecular complexity index is 1510. The maximum atomic E-state index is 13.9. The van der Waals surface area contributed by atoms with Crippen LogP contribution in [0.3, 0.4) is 0 Å². The molecule has 0 aliphatic heterocycles. The number of pyridine rings is 3. The van der Waals surface area contributed by atoms with Crippen LogP contribution < -0.4 is 10.3 Å². The Balaban J connectivity index is 1.67. The number of nitrogens with zero attached hydrogens (tertiary/aromatic N) is 5. The fourth-order valence-corrected chi connectivity index (χ4v) is 3.58. The topological polar surface area (TPSA) is 101 Å². The van der Waals surface area contributed by atoms with Crippen LogP contribution in [0.15, 0.2) is 47.8 Å². The van der Waals surface area contributed by atoms with Gasteiger partial charge >= 0.3 is 5.97 Å². The number of aromatic nitrogens is 5. The molecule has 4 rings (SSSR count). The van der Waals surface area contributed by atoms with E-state index in [1.807, 2.05) is 6.92 Å². The second kappa shape index (κ2) is 10.1. The fraction of sp³-hybridized carbons (Fsp3) is 0.240. The van der Waals surface area contributed by atoms with Gasteiger partial charge in [-0.15, -0.1) is 0 Å². The second-order valence-corrected chi connectivity index (χ2v) is 8.01. The molecular weight excluding hydrogens is 472 g/mol. The summed E-state index contributed by atoms with van der Waals surface area (Å²) in [6, 6.07) is 4.06. The van der Waals surface area contributed by atoms with Crippen LogP contribution >= 0.6 is 0 Å². The lowest BCUT2D eigenvalue weighted by atomic mass is 10.2. The van der Waals surface area contributed by atoms with Crippen molar-refractivity contribution in [1.29, 1.82) is 0 Å². The number of halogens is 2. The summed E-state index contributed by atoms with van der Waals surface area (Å²) in [6.07, 6.45) is 5.38. The molecule has 0 aromatic carbocycles. The molecule has 11 heteroatoms. The molecule has 0 unspecified atom stereocenters. The summed E-state index contributed by atoms with van der Waals surface area (Å²) in [5, 5.41) is 4.18. The van der Waals surface area contributed by atoms with E-state index in [4.69, 9.17) is 9.47 Å². The van der Waals surface area contributed by atoms with E-state index in [2.05, 4.69) is 15.1 Å². The summed E-state index contributed by atoms with van der Waals surface area (Å²) < 4.78 is 40.6. The van der Waals surface area contributed by atoms with E-state index in [9.17, 15) is 18.4 Å². The molecule has 0 saturated heterocycles. The van der Waals surface area contributed by atoms with E-state index in [-0.39, 0.29) is 35.8 Å². The van der Waals surface area contributed by atoms with E-state index in [1.165, 1.54) is 21.6 Å². The first-order valence-electron chi connectivity index (χ1n) is 11.0. The van der Waals surface area contributed by atoms with E-state index in [1.54, 1.807) is 39.1 Å². The highest BCUT2D eigenvalue weighted by Crippen LogP contribution is 2.23. The lowest BCUT2D eigenvalue weighted by Gasteiger charge is -2.17. The van der Waals surface area contributed by atoms with Gasteiger partial charge in [-0.25, -0.2) is 23.2 Å². The van der Waals surface area contributed by atoms with Crippen molar-refractivity contribution < 1.29 is 23.0 Å². The minimum Gasteiger partial charge on any atom is -0.487 e. The van der Waals surface area contributed by atoms with Crippen LogP contribution in [0.25, 0.3) is 11.5 Å². The highest BCUT2D eigenvalue weighted by molar-refractivity contribution is 5.88. The Labute approximate surface area is 205 Å². The minimum absolute atomic E-state index is 0.0753. The van der Waals surface area contributed by atoms with E-state index >= 15 is 0 Å². The number of carbonyl (C=O) groups excluding carboxylic acids is 1. The summed E-state index contributed by atoms with van der Waals surface area (Å²) >= 11 is 0. The zero-order chi connectivity index (χ0) is 26.0. The maximum absolute atomic E-state index is 13.9. The Kier molecular flexibility index (Phi) is 6.91. The van der Waals surface area contributed by atoms with Gasteiger partial charge in [0.05, 0.1) is 35.8 Å². The van der Waals surface area contributed by atoms with E-state index < -0.39 is 17.6 Å². The Morgan fingerprint density at radius 3 is 2.56 bits per heavy atom. The van der Waals surface area contributed by atoms with Gasteiger partial charge in [-0.05, 0) is 33.3 Å². The molecular formula is C25H23F2N5O4. The molecule has 4 heterocycles. The van der Waals surface area contributed by atoms with Gasteiger partial charge in [0.1, 0.15) is 23.9 Å². The Hall–Kier alpha value is -4.41. The largest absolute Gasteiger partial charge is 0.487 e. The van der Waals surface area contributed by atoms with Crippen molar-refractivity contribution >= 4 is 5.97 Å². The van der Waals surface area contributed by atoms with Crippen molar-refractivity contribution in [1.82, 2.24) is 24.3 Å². The number of esters is 1. The standard InChI is InChI=1S/C25H23F2N5O4/c1-5-35-25(34)17-10-30-31(12-17)23-8-21(14(2)9-29-23)32-15(3)6-22(16(4)24(32)33)36-13-20-19(27)7-18(26)11-28-20/h6-12H,5,13H2,1-4H3. The van der Waals surface area contributed by atoms with Crippen molar-refractivity contribution in [3.05, 3.63) is 93.1 Å². The number of hydrogen-bond acceptors (Lipinski definition) is 7. The average Bonchev–Trinajstić information content (AvgIpc) is 3.33. The molecule has 0 saturated carbocycles. The average molecular weight is 495 g/mol. The van der Waals surface area contributed by atoms with Gasteiger partial charge in [0.15, 0.2) is 11.6 Å². The summed E-state index contributed by atoms with van der Waals surface area (Å²) in [5.41, 5.74) is 2.01. The van der Waals surface area contributed by atoms with Gasteiger partial charge < -0.3 is 9.47 Å². The second-order valence-electron chi connectivity index (χ2n) is 8.01. The van der Waals surface area contributed by atoms with Crippen molar-refractivity contribution in [3.63, 3.8) is 0 Å². The van der Waals surface area contributed by atoms with Crippen LogP contribution in [-0.2, 0) is 11.3 Å². The molecule has 186 valence electrons. The molecule has 0 bridgehead atoms. The molecule has 4 aromatic heterocycles. The number of aryl methyl sites for hydroxylation is 2. The smallest absolute Gasteiger partial charge is 0.341 e. The highest BCUT2D eigenvalue weighted by Gasteiger charge is 2.17. The van der Waals surface area contributed by atoms with Crippen molar-refractivity contribution in [2.75, 3.05) is 6.61 Å². The van der Waals surface area contributed by atoms with Gasteiger partial charge in [-0.1, -0.05) is 0 Å². The quantitative estimate of drug-likeness (QED) is 0.360. The fourth-order valence-electron chi connectivity index (χ4n) is 3.58. The first-order valence-corrected chi connectivity index (χ1v) is 11.0. The molecule has 0 atom stereocenters. The summed E-state index contributed by atoms with van der Waals surface area (Å²) in [7, 11) is 0. The Morgan fingerprint density at radius 2 is 1.83 bits per heavy atom. The molecule has 0 spiro atoms. The van der Waals surface area contributed by atoms with Crippen molar-refractivity contribution in [2.45, 2.75) is 34.3 Å². The lowest BCUT2D eigenvalue weighted by molar-refractivity contribution is 0.0526. The number of ether oxygens (including phenoxy) is 2. The van der Waals surface area contributed by atoms with Crippen molar-refractivity contribution in [3.8, 4) is 17.3 Å². The van der Waals surface area contributed by atoms with Crippen LogP contribution in [0.2, 0.25) is 0 Å². The molecule has 0 radical (unpaired) electrons. The first kappa shape index (κ1) is 24.7. The Morgan fingerprint density at radius 1 is 1.06 bits per heavy atom. The van der Waals surface area contributed by atoms with E-state index in [0.29, 0.717) is 22.8 Å². The van der Waals surface area contributed by atoms with Crippen LogP contribution in [0, 0.1) is 32.4 Å². The van der Waals surface area contributed by atoms with Gasteiger partial charge in [-0.2, -0.15) is 5.10 Å². The SMILES string of the molecule is CCOC(=O)c1cnn(-c2cc(-n3c(C)cc(OCc4ncc(F)cc4F)c(C)c3=O)c(C)cn2)c1. The highest BCUT2D eigenvalue weighted by atomic mass is 19.1. The molecule has 0 N–H and O–H groups in total. The molecule has 0 amide bonds. The number of rotatable bonds is 7. The normalized spacial score (nSPS) is 10.9. The van der Waals surface area contributed by atoms with Crippen LogP contribution in [-0.4, -0.2) is 36.9 Å². The monoisotopic (exact) mass is 495 g/mol. The summed E-state index contributed by atoms with van der Waals surface area (Å²) in [5.74, 6) is -1.46.